The van der Waals surface area contributed by atoms with Crippen LogP contribution in [0.5, 0.6) is 5.75 Å². The summed E-state index contributed by atoms with van der Waals surface area (Å²) in [5, 5.41) is 0. The first-order valence-corrected chi connectivity index (χ1v) is 6.39. The third kappa shape index (κ3) is 2.18. The zero-order valence-corrected chi connectivity index (χ0v) is 11.1. The van der Waals surface area contributed by atoms with Crippen molar-refractivity contribution in [2.24, 2.45) is 0 Å². The summed E-state index contributed by atoms with van der Waals surface area (Å²) in [6, 6.07) is 15.6. The number of rotatable bonds is 1. The van der Waals surface area contributed by atoms with Crippen molar-refractivity contribution in [3.63, 3.8) is 0 Å². The number of carbonyl (C=O) groups is 1. The van der Waals surface area contributed by atoms with Gasteiger partial charge in [0, 0.05) is 17.2 Å². The lowest BCUT2D eigenvalue weighted by atomic mass is 9.94. The van der Waals surface area contributed by atoms with Gasteiger partial charge in [-0.25, -0.2) is 4.79 Å². The zero-order chi connectivity index (χ0) is 13.9. The van der Waals surface area contributed by atoms with Gasteiger partial charge in [-0.2, -0.15) is 0 Å². The van der Waals surface area contributed by atoms with E-state index in [1.807, 2.05) is 48.5 Å². The molecule has 3 heteroatoms. The summed E-state index contributed by atoms with van der Waals surface area (Å²) in [6.45, 7) is 0.492. The number of fused-ring (bicyclic) bond motifs is 2. The predicted octanol–water partition coefficient (Wildman–Crippen LogP) is 3.18. The molecule has 1 aliphatic rings. The first kappa shape index (κ1) is 12.5. The summed E-state index contributed by atoms with van der Waals surface area (Å²) >= 11 is 0. The third-order valence-corrected chi connectivity index (χ3v) is 3.33. The van der Waals surface area contributed by atoms with E-state index >= 15 is 0 Å². The van der Waals surface area contributed by atoms with Gasteiger partial charge in [0.2, 0.25) is 0 Å². The molecule has 0 aliphatic carbocycles. The Hall–Kier alpha value is -2.55. The topological polar surface area (TPSA) is 35.5 Å². The Kier molecular flexibility index (Phi) is 3.25. The maximum Gasteiger partial charge on any atom is 0.331 e. The molecule has 1 aliphatic heterocycles. The molecule has 2 aromatic rings. The fourth-order valence-corrected chi connectivity index (χ4v) is 2.36. The smallest absolute Gasteiger partial charge is 0.331 e. The minimum atomic E-state index is -0.369. The zero-order valence-electron chi connectivity index (χ0n) is 11.1. The molecule has 100 valence electrons. The number of esters is 1. The molecule has 1 heterocycles. The second-order valence-corrected chi connectivity index (χ2v) is 4.52. The second kappa shape index (κ2) is 5.21. The average molecular weight is 266 g/mol. The molecule has 0 bridgehead atoms. The molecule has 0 saturated carbocycles. The van der Waals surface area contributed by atoms with Crippen molar-refractivity contribution in [3.8, 4) is 5.75 Å². The van der Waals surface area contributed by atoms with Crippen LogP contribution in [0.3, 0.4) is 0 Å². The van der Waals surface area contributed by atoms with Gasteiger partial charge >= 0.3 is 5.97 Å². The predicted molar refractivity (Wildman–Crippen MR) is 76.3 cm³/mol. The van der Waals surface area contributed by atoms with E-state index in [1.165, 1.54) is 13.2 Å². The SMILES string of the molecule is COC(=O)/C=C1\c2ccccc2COc2ccccc21. The molecular formula is C17H14O3. The number of carbonyl (C=O) groups excluding carboxylic acids is 1. The van der Waals surface area contributed by atoms with E-state index in [0.717, 1.165) is 28.0 Å². The third-order valence-electron chi connectivity index (χ3n) is 3.33. The van der Waals surface area contributed by atoms with Crippen LogP contribution >= 0.6 is 0 Å². The highest BCUT2D eigenvalue weighted by Crippen LogP contribution is 2.36. The minimum absolute atomic E-state index is 0.369. The van der Waals surface area contributed by atoms with Crippen molar-refractivity contribution in [2.75, 3.05) is 7.11 Å². The van der Waals surface area contributed by atoms with E-state index in [0.29, 0.717) is 6.61 Å². The number of methoxy groups -OCH3 is 1. The number of benzene rings is 2. The summed E-state index contributed by atoms with van der Waals surface area (Å²) < 4.78 is 10.6. The molecule has 0 aromatic heterocycles. The van der Waals surface area contributed by atoms with Crippen LogP contribution in [-0.2, 0) is 16.1 Å². The van der Waals surface area contributed by atoms with Crippen molar-refractivity contribution in [2.45, 2.75) is 6.61 Å². The Balaban J connectivity index is 2.24. The van der Waals surface area contributed by atoms with Gasteiger partial charge in [0.15, 0.2) is 0 Å². The van der Waals surface area contributed by atoms with Crippen LogP contribution in [0.25, 0.3) is 5.57 Å². The number of hydrogen-bond acceptors (Lipinski definition) is 3. The van der Waals surface area contributed by atoms with Crippen molar-refractivity contribution < 1.29 is 14.3 Å². The molecule has 20 heavy (non-hydrogen) atoms. The largest absolute Gasteiger partial charge is 0.488 e. The van der Waals surface area contributed by atoms with Gasteiger partial charge in [-0.1, -0.05) is 42.5 Å². The first-order valence-electron chi connectivity index (χ1n) is 6.39. The summed E-state index contributed by atoms with van der Waals surface area (Å²) in [5.41, 5.74) is 3.80. The highest BCUT2D eigenvalue weighted by molar-refractivity contribution is 5.98. The number of para-hydroxylation sites is 1. The standard InChI is InChI=1S/C17H14O3/c1-19-17(18)10-15-13-7-3-2-6-12(13)11-20-16-9-5-4-8-14(15)16/h2-10H,11H2,1H3/b15-10+. The molecule has 3 rings (SSSR count). The molecule has 0 saturated heterocycles. The summed E-state index contributed by atoms with van der Waals surface area (Å²) in [5.74, 6) is 0.408. The van der Waals surface area contributed by atoms with E-state index in [4.69, 9.17) is 9.47 Å². The molecule has 0 unspecified atom stereocenters. The molecule has 0 spiro atoms. The normalized spacial score (nSPS) is 14.8. The van der Waals surface area contributed by atoms with Gasteiger partial charge < -0.3 is 9.47 Å². The summed E-state index contributed by atoms with van der Waals surface area (Å²) in [6.07, 6.45) is 1.52. The molecule has 0 atom stereocenters. The Morgan fingerprint density at radius 3 is 2.60 bits per heavy atom. The summed E-state index contributed by atoms with van der Waals surface area (Å²) in [4.78, 5) is 11.7. The Morgan fingerprint density at radius 2 is 1.80 bits per heavy atom. The van der Waals surface area contributed by atoms with E-state index in [2.05, 4.69) is 0 Å². The molecule has 0 N–H and O–H groups in total. The second-order valence-electron chi connectivity index (χ2n) is 4.52. The van der Waals surface area contributed by atoms with Gasteiger partial charge in [0.25, 0.3) is 0 Å². The van der Waals surface area contributed by atoms with Gasteiger partial charge in [-0.05, 0) is 17.2 Å². The van der Waals surface area contributed by atoms with Crippen LogP contribution in [0.2, 0.25) is 0 Å². The molecule has 0 radical (unpaired) electrons. The van der Waals surface area contributed by atoms with Gasteiger partial charge in [-0.3, -0.25) is 0 Å². The Bertz CT molecular complexity index is 637. The first-order chi connectivity index (χ1) is 9.79. The lowest BCUT2D eigenvalue weighted by Crippen LogP contribution is -1.99. The average Bonchev–Trinajstić information content (AvgIpc) is 2.65. The van der Waals surface area contributed by atoms with Crippen LogP contribution in [0.1, 0.15) is 16.7 Å². The maximum absolute atomic E-state index is 11.7. The van der Waals surface area contributed by atoms with Crippen LogP contribution < -0.4 is 4.74 Å². The monoisotopic (exact) mass is 266 g/mol. The van der Waals surface area contributed by atoms with Crippen LogP contribution in [0.15, 0.2) is 54.6 Å². The van der Waals surface area contributed by atoms with Crippen molar-refractivity contribution in [1.29, 1.82) is 0 Å². The molecule has 0 fully saturated rings. The van der Waals surface area contributed by atoms with Crippen LogP contribution in [0, 0.1) is 0 Å². The van der Waals surface area contributed by atoms with Crippen molar-refractivity contribution >= 4 is 11.5 Å². The highest BCUT2D eigenvalue weighted by Gasteiger charge is 2.19. The fourth-order valence-electron chi connectivity index (χ4n) is 2.36. The van der Waals surface area contributed by atoms with E-state index in [1.54, 1.807) is 0 Å². The van der Waals surface area contributed by atoms with Gasteiger partial charge in [-0.15, -0.1) is 0 Å². The highest BCUT2D eigenvalue weighted by atomic mass is 16.5. The Morgan fingerprint density at radius 1 is 1.10 bits per heavy atom. The van der Waals surface area contributed by atoms with Gasteiger partial charge in [0.05, 0.1) is 7.11 Å². The minimum Gasteiger partial charge on any atom is -0.488 e. The molecule has 0 amide bonds. The molecule has 2 aromatic carbocycles. The number of hydrogen-bond donors (Lipinski definition) is 0. The maximum atomic E-state index is 11.7. The van der Waals surface area contributed by atoms with Crippen LogP contribution in [-0.4, -0.2) is 13.1 Å². The van der Waals surface area contributed by atoms with E-state index in [-0.39, 0.29) is 5.97 Å². The van der Waals surface area contributed by atoms with E-state index < -0.39 is 0 Å². The van der Waals surface area contributed by atoms with Crippen molar-refractivity contribution in [1.82, 2.24) is 0 Å². The van der Waals surface area contributed by atoms with Crippen LogP contribution in [0.4, 0.5) is 0 Å². The lowest BCUT2D eigenvalue weighted by molar-refractivity contribution is -0.134. The van der Waals surface area contributed by atoms with E-state index in [9.17, 15) is 4.79 Å². The van der Waals surface area contributed by atoms with Gasteiger partial charge in [0.1, 0.15) is 12.4 Å². The summed E-state index contributed by atoms with van der Waals surface area (Å²) in [7, 11) is 1.38. The fraction of sp³-hybridized carbons (Fsp3) is 0.118. The molecular weight excluding hydrogens is 252 g/mol. The Labute approximate surface area is 117 Å². The molecule has 3 nitrogen and oxygen atoms in total. The number of ether oxygens (including phenoxy) is 2. The quantitative estimate of drug-likeness (QED) is 0.587. The lowest BCUT2D eigenvalue weighted by Gasteiger charge is -2.09. The van der Waals surface area contributed by atoms with Crippen molar-refractivity contribution in [3.05, 3.63) is 71.3 Å².